The van der Waals surface area contributed by atoms with Gasteiger partial charge in [-0.15, -0.1) is 0 Å². The monoisotopic (exact) mass is 408 g/mol. The average molecular weight is 408 g/mol. The third-order valence-corrected chi connectivity index (χ3v) is 5.05. The molecule has 0 bridgehead atoms. The molecule has 2 heterocycles. The third kappa shape index (κ3) is 4.45. The number of nitrogens with one attached hydrogen (secondary N) is 2. The summed E-state index contributed by atoms with van der Waals surface area (Å²) in [4.78, 5) is 20.9. The summed E-state index contributed by atoms with van der Waals surface area (Å²) in [6, 6.07) is 14.5. The van der Waals surface area contributed by atoms with E-state index in [1.807, 2.05) is 36.4 Å². The van der Waals surface area contributed by atoms with Gasteiger partial charge in [0.05, 0.1) is 13.7 Å². The van der Waals surface area contributed by atoms with Crippen molar-refractivity contribution in [2.75, 3.05) is 38.2 Å². The number of urea groups is 1. The summed E-state index contributed by atoms with van der Waals surface area (Å²) < 4.78 is 5.15. The van der Waals surface area contributed by atoms with E-state index in [1.54, 1.807) is 24.1 Å². The highest BCUT2D eigenvalue weighted by molar-refractivity contribution is 5.74. The van der Waals surface area contributed by atoms with E-state index in [0.29, 0.717) is 37.8 Å². The van der Waals surface area contributed by atoms with Crippen molar-refractivity contribution >= 4 is 11.7 Å². The predicted octanol–water partition coefficient (Wildman–Crippen LogP) is 2.22. The molecule has 0 aliphatic carbocycles. The van der Waals surface area contributed by atoms with Gasteiger partial charge in [0.15, 0.2) is 5.82 Å². The number of phenolic OH excluding ortho intramolecular Hbond substituents is 1. The van der Waals surface area contributed by atoms with Crippen molar-refractivity contribution in [2.24, 2.45) is 0 Å². The molecule has 0 radical (unpaired) electrons. The van der Waals surface area contributed by atoms with Crippen LogP contribution in [0.25, 0.3) is 11.4 Å². The molecule has 30 heavy (non-hydrogen) atoms. The maximum Gasteiger partial charge on any atom is 0.317 e. The molecule has 1 saturated heterocycles. The molecule has 156 valence electrons. The number of benzene rings is 2. The van der Waals surface area contributed by atoms with Crippen molar-refractivity contribution in [3.63, 3.8) is 0 Å². The summed E-state index contributed by atoms with van der Waals surface area (Å²) in [5.41, 5.74) is 1.83. The zero-order valence-corrected chi connectivity index (χ0v) is 16.7. The second kappa shape index (κ2) is 8.73. The number of anilines is 1. The van der Waals surface area contributed by atoms with Crippen LogP contribution in [0.1, 0.15) is 5.82 Å². The number of methoxy groups -OCH3 is 1. The van der Waals surface area contributed by atoms with E-state index >= 15 is 0 Å². The summed E-state index contributed by atoms with van der Waals surface area (Å²) in [7, 11) is 1.62. The van der Waals surface area contributed by atoms with Gasteiger partial charge < -0.3 is 25.0 Å². The number of carbonyl (C=O) groups is 1. The Morgan fingerprint density at radius 1 is 1.17 bits per heavy atom. The number of phenols is 1. The van der Waals surface area contributed by atoms with Crippen molar-refractivity contribution in [3.8, 4) is 22.9 Å². The van der Waals surface area contributed by atoms with Gasteiger partial charge in [-0.05, 0) is 36.4 Å². The number of carbonyl (C=O) groups excluding carboxylic acids is 1. The fraction of sp³-hybridized carbons (Fsp3) is 0.286. The Morgan fingerprint density at radius 3 is 2.63 bits per heavy atom. The summed E-state index contributed by atoms with van der Waals surface area (Å²) in [5.74, 6) is 2.17. The molecule has 0 unspecified atom stereocenters. The van der Waals surface area contributed by atoms with Crippen LogP contribution in [0, 0.1) is 0 Å². The normalized spacial score (nSPS) is 13.9. The number of H-pyrrole nitrogens is 1. The molecular formula is C21H24N6O3. The number of ether oxygens (including phenoxy) is 1. The zero-order valence-electron chi connectivity index (χ0n) is 16.7. The predicted molar refractivity (Wildman–Crippen MR) is 112 cm³/mol. The number of rotatable bonds is 5. The van der Waals surface area contributed by atoms with Crippen LogP contribution in [0.3, 0.4) is 0 Å². The molecular weight excluding hydrogens is 384 g/mol. The number of amides is 2. The summed E-state index contributed by atoms with van der Waals surface area (Å²) in [5, 5.41) is 19.6. The van der Waals surface area contributed by atoms with E-state index in [2.05, 4.69) is 25.4 Å². The number of aromatic hydroxyl groups is 1. The number of hydrogen-bond acceptors (Lipinski definition) is 6. The first kappa shape index (κ1) is 19.6. The van der Waals surface area contributed by atoms with Crippen molar-refractivity contribution in [3.05, 3.63) is 54.4 Å². The number of piperazine rings is 1. The van der Waals surface area contributed by atoms with Crippen molar-refractivity contribution in [2.45, 2.75) is 6.54 Å². The van der Waals surface area contributed by atoms with Gasteiger partial charge in [0, 0.05) is 43.5 Å². The van der Waals surface area contributed by atoms with Gasteiger partial charge in [-0.25, -0.2) is 9.78 Å². The van der Waals surface area contributed by atoms with Crippen molar-refractivity contribution < 1.29 is 14.6 Å². The van der Waals surface area contributed by atoms with Gasteiger partial charge in [-0.3, -0.25) is 5.10 Å². The minimum Gasteiger partial charge on any atom is -0.508 e. The lowest BCUT2D eigenvalue weighted by Crippen LogP contribution is -2.51. The highest BCUT2D eigenvalue weighted by Crippen LogP contribution is 2.21. The Labute approximate surface area is 174 Å². The first-order valence-electron chi connectivity index (χ1n) is 9.75. The molecule has 2 aromatic carbocycles. The van der Waals surface area contributed by atoms with E-state index in [9.17, 15) is 9.90 Å². The van der Waals surface area contributed by atoms with E-state index in [0.717, 1.165) is 17.0 Å². The molecule has 1 aliphatic heterocycles. The number of aromatic amines is 1. The van der Waals surface area contributed by atoms with E-state index in [4.69, 9.17) is 4.74 Å². The maximum absolute atomic E-state index is 12.5. The minimum atomic E-state index is -0.132. The Kier molecular flexibility index (Phi) is 5.69. The minimum absolute atomic E-state index is 0.132. The molecule has 4 rings (SSSR count). The van der Waals surface area contributed by atoms with E-state index in [-0.39, 0.29) is 18.3 Å². The first-order chi connectivity index (χ1) is 14.6. The summed E-state index contributed by atoms with van der Waals surface area (Å²) >= 11 is 0. The highest BCUT2D eigenvalue weighted by Gasteiger charge is 2.21. The molecule has 1 fully saturated rings. The molecule has 2 amide bonds. The van der Waals surface area contributed by atoms with Crippen LogP contribution in [-0.2, 0) is 6.54 Å². The van der Waals surface area contributed by atoms with Crippen LogP contribution in [0.4, 0.5) is 10.5 Å². The second-order valence-corrected chi connectivity index (χ2v) is 6.99. The van der Waals surface area contributed by atoms with E-state index < -0.39 is 0 Å². The first-order valence-corrected chi connectivity index (χ1v) is 9.75. The lowest BCUT2D eigenvalue weighted by molar-refractivity contribution is 0.193. The quantitative estimate of drug-likeness (QED) is 0.598. The molecule has 0 spiro atoms. The van der Waals surface area contributed by atoms with Crippen LogP contribution >= 0.6 is 0 Å². The summed E-state index contributed by atoms with van der Waals surface area (Å²) in [6.07, 6.45) is 0. The van der Waals surface area contributed by atoms with Crippen LogP contribution in [0.15, 0.2) is 48.5 Å². The smallest absolute Gasteiger partial charge is 0.317 e. The van der Waals surface area contributed by atoms with Gasteiger partial charge in [0.25, 0.3) is 0 Å². The van der Waals surface area contributed by atoms with Crippen molar-refractivity contribution in [1.82, 2.24) is 25.4 Å². The fourth-order valence-electron chi connectivity index (χ4n) is 3.37. The molecule has 0 atom stereocenters. The van der Waals surface area contributed by atoms with Crippen LogP contribution < -0.4 is 15.0 Å². The van der Waals surface area contributed by atoms with Gasteiger partial charge in [-0.2, -0.15) is 5.10 Å². The molecule has 9 nitrogen and oxygen atoms in total. The highest BCUT2D eigenvalue weighted by atomic mass is 16.5. The number of aromatic nitrogens is 3. The van der Waals surface area contributed by atoms with Crippen LogP contribution in [0.5, 0.6) is 11.5 Å². The average Bonchev–Trinajstić information content (AvgIpc) is 3.27. The number of hydrogen-bond donors (Lipinski definition) is 3. The molecule has 3 aromatic rings. The van der Waals surface area contributed by atoms with Gasteiger partial charge >= 0.3 is 6.03 Å². The Morgan fingerprint density at radius 2 is 1.93 bits per heavy atom. The van der Waals surface area contributed by atoms with Crippen LogP contribution in [0.2, 0.25) is 0 Å². The number of nitrogens with zero attached hydrogens (tertiary/aromatic N) is 4. The molecule has 1 aromatic heterocycles. The second-order valence-electron chi connectivity index (χ2n) is 6.99. The lowest BCUT2D eigenvalue weighted by Gasteiger charge is -2.36. The zero-order chi connectivity index (χ0) is 20.9. The van der Waals surface area contributed by atoms with E-state index in [1.165, 1.54) is 0 Å². The topological polar surface area (TPSA) is 107 Å². The Bertz CT molecular complexity index is 996. The molecule has 1 aliphatic rings. The molecule has 9 heteroatoms. The standard InChI is InChI=1S/C21H24N6O3/c1-30-18-7-5-15(6-8-18)20-23-19(24-25-20)14-22-21(29)27-11-9-26(10-12-27)16-3-2-4-17(28)13-16/h2-8,13,28H,9-12,14H2,1H3,(H,22,29)(H,23,24,25). The van der Waals surface area contributed by atoms with Gasteiger partial charge in [0.1, 0.15) is 17.3 Å². The summed E-state index contributed by atoms with van der Waals surface area (Å²) in [6.45, 7) is 2.90. The fourth-order valence-corrected chi connectivity index (χ4v) is 3.37. The SMILES string of the molecule is COc1ccc(-c2n[nH]c(CNC(=O)N3CCN(c4cccc(O)c4)CC3)n2)cc1. The van der Waals surface area contributed by atoms with Gasteiger partial charge in [0.2, 0.25) is 0 Å². The Balaban J connectivity index is 1.27. The van der Waals surface area contributed by atoms with Gasteiger partial charge in [-0.1, -0.05) is 6.07 Å². The Hall–Kier alpha value is -3.75. The maximum atomic E-state index is 12.5. The molecule has 0 saturated carbocycles. The third-order valence-electron chi connectivity index (χ3n) is 5.05. The van der Waals surface area contributed by atoms with Crippen LogP contribution in [-0.4, -0.2) is 64.5 Å². The molecule has 3 N–H and O–H groups in total. The van der Waals surface area contributed by atoms with Crippen molar-refractivity contribution in [1.29, 1.82) is 0 Å². The largest absolute Gasteiger partial charge is 0.508 e. The lowest BCUT2D eigenvalue weighted by atomic mass is 10.2.